The molecule has 0 aliphatic heterocycles. The molecule has 80 valence electrons. The van der Waals surface area contributed by atoms with Crippen LogP contribution in [0.1, 0.15) is 12.5 Å². The summed E-state index contributed by atoms with van der Waals surface area (Å²) in [6, 6.07) is 9.62. The van der Waals surface area contributed by atoms with E-state index in [0.29, 0.717) is 18.1 Å². The van der Waals surface area contributed by atoms with Crippen molar-refractivity contribution >= 4 is 26.8 Å². The topological polar surface area (TPSA) is 45.9 Å². The standard InChI is InChI=1S/C12H9BrN2O/c1-2-16-12-9(7-14)5-8-3-4-10(13)6-11(8)15-12/h3-6H,2H2,1H3. The first-order chi connectivity index (χ1) is 7.74. The van der Waals surface area contributed by atoms with Crippen LogP contribution >= 0.6 is 15.9 Å². The summed E-state index contributed by atoms with van der Waals surface area (Å²) in [5.74, 6) is 0.399. The average Bonchev–Trinajstić information content (AvgIpc) is 2.28. The molecule has 0 N–H and O–H groups in total. The highest BCUT2D eigenvalue weighted by Crippen LogP contribution is 2.24. The van der Waals surface area contributed by atoms with Crippen molar-refractivity contribution in [3.63, 3.8) is 0 Å². The fourth-order valence-corrected chi connectivity index (χ4v) is 1.80. The summed E-state index contributed by atoms with van der Waals surface area (Å²) in [5, 5.41) is 9.91. The Kier molecular flexibility index (Phi) is 3.07. The monoisotopic (exact) mass is 276 g/mol. The Morgan fingerprint density at radius 3 is 2.94 bits per heavy atom. The van der Waals surface area contributed by atoms with Crippen LogP contribution in [-0.2, 0) is 0 Å². The van der Waals surface area contributed by atoms with Crippen molar-refractivity contribution in [3.05, 3.63) is 34.3 Å². The van der Waals surface area contributed by atoms with Crippen molar-refractivity contribution in [2.45, 2.75) is 6.92 Å². The van der Waals surface area contributed by atoms with E-state index in [-0.39, 0.29) is 0 Å². The third kappa shape index (κ3) is 2.00. The third-order valence-electron chi connectivity index (χ3n) is 2.15. The Hall–Kier alpha value is -1.60. The Morgan fingerprint density at radius 2 is 2.25 bits per heavy atom. The van der Waals surface area contributed by atoms with Gasteiger partial charge in [0.25, 0.3) is 0 Å². The summed E-state index contributed by atoms with van der Waals surface area (Å²) >= 11 is 3.39. The van der Waals surface area contributed by atoms with Crippen molar-refractivity contribution in [2.75, 3.05) is 6.61 Å². The zero-order valence-corrected chi connectivity index (χ0v) is 10.3. The highest BCUT2D eigenvalue weighted by molar-refractivity contribution is 9.10. The van der Waals surface area contributed by atoms with Crippen LogP contribution in [0.15, 0.2) is 28.7 Å². The second kappa shape index (κ2) is 4.50. The van der Waals surface area contributed by atoms with Crippen LogP contribution in [0.5, 0.6) is 5.88 Å². The molecule has 0 atom stereocenters. The normalized spacial score (nSPS) is 10.1. The Labute approximate surface area is 102 Å². The van der Waals surface area contributed by atoms with E-state index in [9.17, 15) is 0 Å². The van der Waals surface area contributed by atoms with Gasteiger partial charge in [-0.05, 0) is 25.1 Å². The zero-order chi connectivity index (χ0) is 11.5. The van der Waals surface area contributed by atoms with E-state index in [1.807, 2.05) is 25.1 Å². The maximum Gasteiger partial charge on any atom is 0.232 e. The van der Waals surface area contributed by atoms with Crippen LogP contribution < -0.4 is 4.74 Å². The number of halogens is 1. The number of hydrogen-bond acceptors (Lipinski definition) is 3. The van der Waals surface area contributed by atoms with Crippen LogP contribution in [0.4, 0.5) is 0 Å². The van der Waals surface area contributed by atoms with Gasteiger partial charge >= 0.3 is 0 Å². The number of nitriles is 1. The lowest BCUT2D eigenvalue weighted by atomic mass is 10.1. The second-order valence-electron chi connectivity index (χ2n) is 3.22. The lowest BCUT2D eigenvalue weighted by molar-refractivity contribution is 0.327. The van der Waals surface area contributed by atoms with E-state index in [0.717, 1.165) is 15.4 Å². The smallest absolute Gasteiger partial charge is 0.232 e. The molecule has 0 aliphatic carbocycles. The van der Waals surface area contributed by atoms with E-state index in [2.05, 4.69) is 27.0 Å². The van der Waals surface area contributed by atoms with Crippen molar-refractivity contribution < 1.29 is 4.74 Å². The molecule has 16 heavy (non-hydrogen) atoms. The number of fused-ring (bicyclic) bond motifs is 1. The fraction of sp³-hybridized carbons (Fsp3) is 0.167. The molecule has 0 radical (unpaired) electrons. The van der Waals surface area contributed by atoms with E-state index in [1.54, 1.807) is 6.07 Å². The van der Waals surface area contributed by atoms with E-state index >= 15 is 0 Å². The van der Waals surface area contributed by atoms with Gasteiger partial charge in [0.05, 0.1) is 12.1 Å². The minimum absolute atomic E-state index is 0.399. The summed E-state index contributed by atoms with van der Waals surface area (Å²) in [4.78, 5) is 4.32. The van der Waals surface area contributed by atoms with E-state index in [4.69, 9.17) is 10.00 Å². The molecule has 1 aromatic carbocycles. The maximum atomic E-state index is 8.98. The van der Waals surface area contributed by atoms with Crippen molar-refractivity contribution in [2.24, 2.45) is 0 Å². The number of aromatic nitrogens is 1. The summed E-state index contributed by atoms with van der Waals surface area (Å²) in [6.07, 6.45) is 0. The van der Waals surface area contributed by atoms with Crippen LogP contribution in [0.3, 0.4) is 0 Å². The molecule has 1 aromatic heterocycles. The minimum atomic E-state index is 0.399. The molecule has 1 heterocycles. The predicted molar refractivity (Wildman–Crippen MR) is 65.3 cm³/mol. The molecule has 0 amide bonds. The molecule has 0 unspecified atom stereocenters. The molecule has 2 rings (SSSR count). The molecule has 0 bridgehead atoms. The average molecular weight is 277 g/mol. The predicted octanol–water partition coefficient (Wildman–Crippen LogP) is 3.27. The lowest BCUT2D eigenvalue weighted by Gasteiger charge is -2.06. The summed E-state index contributed by atoms with van der Waals surface area (Å²) in [6.45, 7) is 2.37. The number of ether oxygens (including phenoxy) is 1. The van der Waals surface area contributed by atoms with Crippen molar-refractivity contribution in [1.82, 2.24) is 4.98 Å². The molecule has 0 aliphatic rings. The van der Waals surface area contributed by atoms with Gasteiger partial charge in [-0.2, -0.15) is 5.26 Å². The van der Waals surface area contributed by atoms with Gasteiger partial charge < -0.3 is 4.74 Å². The number of nitrogens with zero attached hydrogens (tertiary/aromatic N) is 2. The summed E-state index contributed by atoms with van der Waals surface area (Å²) < 4.78 is 6.28. The van der Waals surface area contributed by atoms with Gasteiger partial charge in [0.15, 0.2) is 0 Å². The first kappa shape index (κ1) is 10.9. The van der Waals surface area contributed by atoms with Gasteiger partial charge in [-0.3, -0.25) is 0 Å². The SMILES string of the molecule is CCOc1nc2cc(Br)ccc2cc1C#N. The quantitative estimate of drug-likeness (QED) is 0.846. The Bertz CT molecular complexity index is 575. The van der Waals surface area contributed by atoms with Gasteiger partial charge in [-0.25, -0.2) is 4.98 Å². The van der Waals surface area contributed by atoms with E-state index in [1.165, 1.54) is 0 Å². The molecule has 0 fully saturated rings. The molecule has 4 heteroatoms. The molecule has 2 aromatic rings. The number of hydrogen-bond donors (Lipinski definition) is 0. The van der Waals surface area contributed by atoms with Crippen LogP contribution in [-0.4, -0.2) is 11.6 Å². The fourth-order valence-electron chi connectivity index (χ4n) is 1.45. The second-order valence-corrected chi connectivity index (χ2v) is 4.14. The highest BCUT2D eigenvalue weighted by Gasteiger charge is 2.07. The zero-order valence-electron chi connectivity index (χ0n) is 8.70. The minimum Gasteiger partial charge on any atom is -0.477 e. The molecular formula is C12H9BrN2O. The van der Waals surface area contributed by atoms with Gasteiger partial charge in [-0.15, -0.1) is 0 Å². The van der Waals surface area contributed by atoms with Crippen molar-refractivity contribution in [3.8, 4) is 11.9 Å². The third-order valence-corrected chi connectivity index (χ3v) is 2.64. The first-order valence-electron chi connectivity index (χ1n) is 4.88. The van der Waals surface area contributed by atoms with Gasteiger partial charge in [0, 0.05) is 9.86 Å². The molecule has 0 saturated heterocycles. The number of rotatable bonds is 2. The summed E-state index contributed by atoms with van der Waals surface area (Å²) in [5.41, 5.74) is 1.29. The number of pyridine rings is 1. The van der Waals surface area contributed by atoms with Crippen LogP contribution in [0, 0.1) is 11.3 Å². The van der Waals surface area contributed by atoms with Crippen LogP contribution in [0.25, 0.3) is 10.9 Å². The van der Waals surface area contributed by atoms with E-state index < -0.39 is 0 Å². The molecular weight excluding hydrogens is 268 g/mol. The van der Waals surface area contributed by atoms with Crippen molar-refractivity contribution in [1.29, 1.82) is 5.26 Å². The number of benzene rings is 1. The van der Waals surface area contributed by atoms with Gasteiger partial charge in [0.1, 0.15) is 11.6 Å². The van der Waals surface area contributed by atoms with Crippen LogP contribution in [0.2, 0.25) is 0 Å². The molecule has 0 spiro atoms. The first-order valence-corrected chi connectivity index (χ1v) is 5.67. The molecule has 3 nitrogen and oxygen atoms in total. The summed E-state index contributed by atoms with van der Waals surface area (Å²) in [7, 11) is 0. The molecule has 0 saturated carbocycles. The largest absolute Gasteiger partial charge is 0.477 e. The van der Waals surface area contributed by atoms with Gasteiger partial charge in [-0.1, -0.05) is 22.0 Å². The maximum absolute atomic E-state index is 8.98. The lowest BCUT2D eigenvalue weighted by Crippen LogP contribution is -1.97. The highest BCUT2D eigenvalue weighted by atomic mass is 79.9. The Balaban J connectivity index is 2.66. The van der Waals surface area contributed by atoms with Gasteiger partial charge in [0.2, 0.25) is 5.88 Å². The Morgan fingerprint density at radius 1 is 1.44 bits per heavy atom.